The third-order valence-electron chi connectivity index (χ3n) is 4.04. The molecule has 0 spiro atoms. The molecule has 0 unspecified atom stereocenters. The van der Waals surface area contributed by atoms with Crippen molar-refractivity contribution in [1.82, 2.24) is 4.90 Å². The molecule has 2 rings (SSSR count). The van der Waals surface area contributed by atoms with E-state index >= 15 is 0 Å². The van der Waals surface area contributed by atoms with Crippen LogP contribution in [0.3, 0.4) is 0 Å². The summed E-state index contributed by atoms with van der Waals surface area (Å²) in [6.45, 7) is 4.06. The van der Waals surface area contributed by atoms with E-state index in [4.69, 9.17) is 14.2 Å². The molecule has 0 saturated heterocycles. The zero-order chi connectivity index (χ0) is 21.2. The first-order chi connectivity index (χ1) is 13.9. The van der Waals surface area contributed by atoms with Crippen molar-refractivity contribution >= 4 is 18.0 Å². The third kappa shape index (κ3) is 6.99. The fourth-order valence-electron chi connectivity index (χ4n) is 2.65. The van der Waals surface area contributed by atoms with Crippen LogP contribution in [0.2, 0.25) is 0 Å². The summed E-state index contributed by atoms with van der Waals surface area (Å²) in [5.41, 5.74) is 1.71. The number of hydrogen-bond acceptors (Lipinski definition) is 5. The van der Waals surface area contributed by atoms with Crippen molar-refractivity contribution in [2.24, 2.45) is 0 Å². The van der Waals surface area contributed by atoms with Gasteiger partial charge >= 0.3 is 5.97 Å². The van der Waals surface area contributed by atoms with Gasteiger partial charge in [-0.3, -0.25) is 9.59 Å². The minimum absolute atomic E-state index is 0.0248. The molecule has 0 aliphatic rings. The predicted octanol–water partition coefficient (Wildman–Crippen LogP) is 3.70. The maximum atomic E-state index is 12.7. The summed E-state index contributed by atoms with van der Waals surface area (Å²) in [6.07, 6.45) is 3.14. The third-order valence-corrected chi connectivity index (χ3v) is 4.04. The lowest BCUT2D eigenvalue weighted by atomic mass is 10.1. The normalized spacial score (nSPS) is 10.8. The van der Waals surface area contributed by atoms with Crippen molar-refractivity contribution in [2.45, 2.75) is 26.5 Å². The molecule has 0 atom stereocenters. The first-order valence-corrected chi connectivity index (χ1v) is 9.35. The molecule has 0 fully saturated rings. The van der Waals surface area contributed by atoms with Crippen LogP contribution in [0, 0.1) is 0 Å². The van der Waals surface area contributed by atoms with Gasteiger partial charge in [0.1, 0.15) is 6.54 Å². The van der Waals surface area contributed by atoms with Gasteiger partial charge in [-0.2, -0.15) is 0 Å². The quantitative estimate of drug-likeness (QED) is 0.477. The lowest BCUT2D eigenvalue weighted by Gasteiger charge is -2.20. The molecule has 2 aromatic rings. The maximum absolute atomic E-state index is 12.7. The second-order valence-electron chi connectivity index (χ2n) is 6.67. The molecule has 6 nitrogen and oxygen atoms in total. The van der Waals surface area contributed by atoms with Crippen LogP contribution in [0.25, 0.3) is 6.08 Å². The molecule has 0 aliphatic heterocycles. The minimum atomic E-state index is -0.473. The average Bonchev–Trinajstić information content (AvgIpc) is 2.72. The molecule has 0 N–H and O–H groups in total. The first-order valence-electron chi connectivity index (χ1n) is 9.35. The van der Waals surface area contributed by atoms with E-state index in [-0.39, 0.29) is 18.6 Å². The van der Waals surface area contributed by atoms with E-state index in [9.17, 15) is 9.59 Å². The van der Waals surface area contributed by atoms with Crippen LogP contribution in [0.4, 0.5) is 0 Å². The van der Waals surface area contributed by atoms with Gasteiger partial charge in [0.05, 0.1) is 20.3 Å². The van der Waals surface area contributed by atoms with Crippen molar-refractivity contribution in [3.05, 3.63) is 65.7 Å². The second kappa shape index (κ2) is 10.9. The second-order valence-corrected chi connectivity index (χ2v) is 6.67. The summed E-state index contributed by atoms with van der Waals surface area (Å²) in [5.74, 6) is 0.464. The molecule has 6 heteroatoms. The molecule has 0 radical (unpaired) electrons. The topological polar surface area (TPSA) is 65.1 Å². The number of ether oxygens (including phenoxy) is 3. The van der Waals surface area contributed by atoms with Crippen molar-refractivity contribution in [1.29, 1.82) is 0 Å². The van der Waals surface area contributed by atoms with E-state index in [0.717, 1.165) is 11.1 Å². The van der Waals surface area contributed by atoms with Crippen LogP contribution >= 0.6 is 0 Å². The summed E-state index contributed by atoms with van der Waals surface area (Å²) in [5, 5.41) is 0. The van der Waals surface area contributed by atoms with Crippen LogP contribution < -0.4 is 9.47 Å². The Morgan fingerprint density at radius 2 is 1.76 bits per heavy atom. The van der Waals surface area contributed by atoms with Crippen LogP contribution in [0.5, 0.6) is 11.5 Å². The number of benzene rings is 2. The highest BCUT2D eigenvalue weighted by Gasteiger charge is 2.16. The van der Waals surface area contributed by atoms with E-state index < -0.39 is 5.97 Å². The Balaban J connectivity index is 2.16. The van der Waals surface area contributed by atoms with Gasteiger partial charge in [-0.1, -0.05) is 36.4 Å². The maximum Gasteiger partial charge on any atom is 0.325 e. The van der Waals surface area contributed by atoms with Crippen LogP contribution in [-0.4, -0.2) is 43.6 Å². The monoisotopic (exact) mass is 397 g/mol. The summed E-state index contributed by atoms with van der Waals surface area (Å²) in [7, 11) is 2.87. The largest absolute Gasteiger partial charge is 0.493 e. The molecular formula is C23H27NO5. The summed E-state index contributed by atoms with van der Waals surface area (Å²) >= 11 is 0. The Hall–Kier alpha value is -3.28. The Labute approximate surface area is 171 Å². The van der Waals surface area contributed by atoms with Crippen LogP contribution in [0.15, 0.2) is 54.6 Å². The van der Waals surface area contributed by atoms with Gasteiger partial charge in [0.2, 0.25) is 5.91 Å². The van der Waals surface area contributed by atoms with Gasteiger partial charge in [0, 0.05) is 12.6 Å². The lowest BCUT2D eigenvalue weighted by molar-refractivity contribution is -0.145. The number of carbonyl (C=O) groups is 2. The molecule has 0 aromatic heterocycles. The smallest absolute Gasteiger partial charge is 0.325 e. The zero-order valence-electron chi connectivity index (χ0n) is 17.3. The Bertz CT molecular complexity index is 846. The van der Waals surface area contributed by atoms with Gasteiger partial charge in [-0.15, -0.1) is 0 Å². The van der Waals surface area contributed by atoms with Crippen molar-refractivity contribution in [2.75, 3.05) is 20.8 Å². The minimum Gasteiger partial charge on any atom is -0.493 e. The fourth-order valence-corrected chi connectivity index (χ4v) is 2.65. The molecule has 0 heterocycles. The molecular weight excluding hydrogens is 370 g/mol. The predicted molar refractivity (Wildman–Crippen MR) is 112 cm³/mol. The van der Waals surface area contributed by atoms with Crippen LogP contribution in [0.1, 0.15) is 25.0 Å². The molecule has 0 aliphatic carbocycles. The van der Waals surface area contributed by atoms with E-state index in [1.54, 1.807) is 25.3 Å². The number of rotatable bonds is 9. The van der Waals surface area contributed by atoms with Gasteiger partial charge in [-0.05, 0) is 43.2 Å². The van der Waals surface area contributed by atoms with Crippen LogP contribution in [-0.2, 0) is 20.9 Å². The van der Waals surface area contributed by atoms with Crippen molar-refractivity contribution < 1.29 is 23.8 Å². The summed E-state index contributed by atoms with van der Waals surface area (Å²) in [4.78, 5) is 25.9. The van der Waals surface area contributed by atoms with Gasteiger partial charge < -0.3 is 19.1 Å². The summed E-state index contributed by atoms with van der Waals surface area (Å²) < 4.78 is 15.8. The van der Waals surface area contributed by atoms with E-state index in [1.165, 1.54) is 18.1 Å². The molecule has 0 saturated carbocycles. The molecule has 0 bridgehead atoms. The lowest BCUT2D eigenvalue weighted by Crippen LogP contribution is -2.34. The molecule has 29 heavy (non-hydrogen) atoms. The van der Waals surface area contributed by atoms with Crippen molar-refractivity contribution in [3.8, 4) is 11.5 Å². The fraction of sp³-hybridized carbons (Fsp3) is 0.304. The number of esters is 1. The number of hydrogen-bond donors (Lipinski definition) is 0. The van der Waals surface area contributed by atoms with Gasteiger partial charge in [0.15, 0.2) is 11.5 Å². The standard InChI is InChI=1S/C23H27NO5/c1-17(2)29-20-12-10-18(14-21(20)27-3)11-13-22(25)24(16-23(26)28-4)15-19-8-6-5-7-9-19/h5-14,17H,15-16H2,1-4H3/b13-11+. The highest BCUT2D eigenvalue weighted by atomic mass is 16.5. The van der Waals surface area contributed by atoms with Gasteiger partial charge in [-0.25, -0.2) is 0 Å². The van der Waals surface area contributed by atoms with E-state index in [2.05, 4.69) is 0 Å². The van der Waals surface area contributed by atoms with E-state index in [1.807, 2.05) is 50.2 Å². The molecule has 2 aromatic carbocycles. The summed E-state index contributed by atoms with van der Waals surface area (Å²) in [6, 6.07) is 14.9. The highest BCUT2D eigenvalue weighted by Crippen LogP contribution is 2.29. The van der Waals surface area contributed by atoms with E-state index in [0.29, 0.717) is 18.0 Å². The first kappa shape index (κ1) is 22.0. The Kier molecular flexibility index (Phi) is 8.27. The highest BCUT2D eigenvalue weighted by molar-refractivity contribution is 5.93. The number of nitrogens with zero attached hydrogens (tertiary/aromatic N) is 1. The van der Waals surface area contributed by atoms with Gasteiger partial charge in [0.25, 0.3) is 0 Å². The number of amides is 1. The Morgan fingerprint density at radius 1 is 1.03 bits per heavy atom. The Morgan fingerprint density at radius 3 is 2.38 bits per heavy atom. The number of methoxy groups -OCH3 is 2. The molecule has 1 amide bonds. The SMILES string of the molecule is COC(=O)CN(Cc1ccccc1)C(=O)/C=C/c1ccc(OC(C)C)c(OC)c1. The number of carbonyl (C=O) groups excluding carboxylic acids is 2. The average molecular weight is 397 g/mol. The zero-order valence-corrected chi connectivity index (χ0v) is 17.3. The van der Waals surface area contributed by atoms with Crippen molar-refractivity contribution in [3.63, 3.8) is 0 Å². The molecule has 154 valence electrons.